The summed E-state index contributed by atoms with van der Waals surface area (Å²) in [6.07, 6.45) is 12.7. The molecule has 2 rings (SSSR count). The van der Waals surface area contributed by atoms with Crippen LogP contribution in [-0.4, -0.2) is 5.78 Å². The van der Waals surface area contributed by atoms with Crippen molar-refractivity contribution in [3.63, 3.8) is 0 Å². The largest absolute Gasteiger partial charge is 0.290 e. The number of carbonyl (C=O) groups is 1. The van der Waals surface area contributed by atoms with E-state index in [1.165, 1.54) is 25.7 Å². The minimum atomic E-state index is 0.141. The number of rotatable bonds is 0. The van der Waals surface area contributed by atoms with E-state index in [1.807, 2.05) is 0 Å². The van der Waals surface area contributed by atoms with Crippen LogP contribution in [0.25, 0.3) is 0 Å². The quantitative estimate of drug-likeness (QED) is 0.515. The molecule has 0 saturated heterocycles. The van der Waals surface area contributed by atoms with E-state index in [4.69, 9.17) is 0 Å². The summed E-state index contributed by atoms with van der Waals surface area (Å²) in [5, 5.41) is 0. The molecule has 2 aliphatic rings. The van der Waals surface area contributed by atoms with E-state index in [0.29, 0.717) is 0 Å². The monoisotopic (exact) mass is 148 g/mol. The fourth-order valence-electron chi connectivity index (χ4n) is 1.97. The fourth-order valence-corrected chi connectivity index (χ4v) is 1.97. The predicted octanol–water partition coefficient (Wildman–Crippen LogP) is 2.24. The number of hydrogen-bond acceptors (Lipinski definition) is 1. The topological polar surface area (TPSA) is 17.1 Å². The Kier molecular flexibility index (Phi) is 1.45. The number of ketones is 1. The van der Waals surface area contributed by atoms with E-state index in [2.05, 4.69) is 12.2 Å². The van der Waals surface area contributed by atoms with Crippen molar-refractivity contribution < 1.29 is 4.79 Å². The van der Waals surface area contributed by atoms with Crippen molar-refractivity contribution in [2.45, 2.75) is 25.7 Å². The van der Waals surface area contributed by atoms with Crippen LogP contribution in [0, 0.1) is 5.41 Å². The smallest absolute Gasteiger partial charge is 0.178 e. The molecule has 0 heterocycles. The van der Waals surface area contributed by atoms with Crippen molar-refractivity contribution in [1.29, 1.82) is 0 Å². The first kappa shape index (κ1) is 6.84. The van der Waals surface area contributed by atoms with Gasteiger partial charge in [-0.3, -0.25) is 4.79 Å². The van der Waals surface area contributed by atoms with E-state index in [1.54, 1.807) is 12.2 Å². The average molecular weight is 148 g/mol. The van der Waals surface area contributed by atoms with Gasteiger partial charge in [-0.15, -0.1) is 0 Å². The van der Waals surface area contributed by atoms with Gasteiger partial charge in [0.15, 0.2) is 5.78 Å². The molecular weight excluding hydrogens is 136 g/mol. The van der Waals surface area contributed by atoms with Gasteiger partial charge in [0.2, 0.25) is 0 Å². The zero-order valence-corrected chi connectivity index (χ0v) is 6.55. The van der Waals surface area contributed by atoms with Crippen LogP contribution in [0.1, 0.15) is 25.7 Å². The van der Waals surface area contributed by atoms with Gasteiger partial charge in [-0.25, -0.2) is 0 Å². The molecule has 1 fully saturated rings. The van der Waals surface area contributed by atoms with E-state index in [9.17, 15) is 4.79 Å². The van der Waals surface area contributed by atoms with Crippen LogP contribution < -0.4 is 0 Å². The first-order valence-corrected chi connectivity index (χ1v) is 4.23. The second kappa shape index (κ2) is 2.33. The Balaban J connectivity index is 2.22. The maximum atomic E-state index is 10.8. The lowest BCUT2D eigenvalue weighted by molar-refractivity contribution is -0.110. The summed E-state index contributed by atoms with van der Waals surface area (Å²) in [7, 11) is 0. The summed E-state index contributed by atoms with van der Waals surface area (Å²) in [5.41, 5.74) is 0.272. The molecule has 0 aromatic heterocycles. The summed E-state index contributed by atoms with van der Waals surface area (Å²) in [4.78, 5) is 10.8. The molecular formula is C10H12O. The summed E-state index contributed by atoms with van der Waals surface area (Å²) >= 11 is 0. The second-order valence-electron chi connectivity index (χ2n) is 3.51. The number of hydrogen-bond donors (Lipinski definition) is 0. The molecule has 0 aromatic carbocycles. The van der Waals surface area contributed by atoms with Crippen LogP contribution in [0.4, 0.5) is 0 Å². The molecule has 0 atom stereocenters. The maximum absolute atomic E-state index is 10.8. The van der Waals surface area contributed by atoms with Crippen molar-refractivity contribution in [2.75, 3.05) is 0 Å². The Hall–Kier alpha value is -0.850. The molecule has 1 saturated carbocycles. The van der Waals surface area contributed by atoms with E-state index < -0.39 is 0 Å². The van der Waals surface area contributed by atoms with Crippen LogP contribution >= 0.6 is 0 Å². The van der Waals surface area contributed by atoms with Gasteiger partial charge in [0.25, 0.3) is 0 Å². The van der Waals surface area contributed by atoms with E-state index in [0.717, 1.165) is 0 Å². The van der Waals surface area contributed by atoms with Crippen molar-refractivity contribution in [3.05, 3.63) is 24.3 Å². The summed E-state index contributed by atoms with van der Waals surface area (Å²) in [6, 6.07) is 0. The molecule has 0 unspecified atom stereocenters. The molecule has 1 heteroatoms. The molecule has 11 heavy (non-hydrogen) atoms. The maximum Gasteiger partial charge on any atom is 0.178 e. The average Bonchev–Trinajstić information content (AvgIpc) is 2.45. The third kappa shape index (κ3) is 1.15. The first-order chi connectivity index (χ1) is 5.31. The summed E-state index contributed by atoms with van der Waals surface area (Å²) < 4.78 is 0. The summed E-state index contributed by atoms with van der Waals surface area (Å²) in [6.45, 7) is 0. The molecule has 0 aromatic rings. The van der Waals surface area contributed by atoms with Gasteiger partial charge in [-0.2, -0.15) is 0 Å². The summed E-state index contributed by atoms with van der Waals surface area (Å²) in [5.74, 6) is 0.141. The van der Waals surface area contributed by atoms with Crippen molar-refractivity contribution in [3.8, 4) is 0 Å². The molecule has 0 radical (unpaired) electrons. The third-order valence-electron chi connectivity index (χ3n) is 2.69. The van der Waals surface area contributed by atoms with Crippen LogP contribution in [0.15, 0.2) is 24.3 Å². The zero-order chi connectivity index (χ0) is 7.73. The van der Waals surface area contributed by atoms with Crippen molar-refractivity contribution in [2.24, 2.45) is 5.41 Å². The normalized spacial score (nSPS) is 26.7. The van der Waals surface area contributed by atoms with Crippen LogP contribution in [-0.2, 0) is 4.79 Å². The van der Waals surface area contributed by atoms with Gasteiger partial charge in [0, 0.05) is 5.41 Å². The minimum absolute atomic E-state index is 0.141. The van der Waals surface area contributed by atoms with Gasteiger partial charge in [0.05, 0.1) is 0 Å². The van der Waals surface area contributed by atoms with Gasteiger partial charge in [0.1, 0.15) is 0 Å². The Bertz CT molecular complexity index is 211. The number of allylic oxidation sites excluding steroid dienone is 4. The highest BCUT2D eigenvalue weighted by Crippen LogP contribution is 2.41. The molecule has 0 aliphatic heterocycles. The van der Waals surface area contributed by atoms with Crippen LogP contribution in [0.5, 0.6) is 0 Å². The first-order valence-electron chi connectivity index (χ1n) is 4.23. The molecule has 1 spiro atoms. The Morgan fingerprint density at radius 2 is 1.64 bits per heavy atom. The SMILES string of the molecule is O=C1C=CC2(C=C1)CCCC2. The Labute approximate surface area is 66.8 Å². The molecule has 0 amide bonds. The Morgan fingerprint density at radius 1 is 1.09 bits per heavy atom. The lowest BCUT2D eigenvalue weighted by atomic mass is 9.82. The molecule has 0 bridgehead atoms. The predicted molar refractivity (Wildman–Crippen MR) is 44.2 cm³/mol. The van der Waals surface area contributed by atoms with E-state index >= 15 is 0 Å². The van der Waals surface area contributed by atoms with Gasteiger partial charge in [-0.1, -0.05) is 25.0 Å². The standard InChI is InChI=1S/C10H12O/c11-9-3-7-10(8-4-9)5-1-2-6-10/h3-4,7-8H,1-2,5-6H2. The lowest BCUT2D eigenvalue weighted by Gasteiger charge is -2.21. The Morgan fingerprint density at radius 3 is 2.18 bits per heavy atom. The molecule has 1 nitrogen and oxygen atoms in total. The van der Waals surface area contributed by atoms with Gasteiger partial charge < -0.3 is 0 Å². The number of carbonyl (C=O) groups excluding carboxylic acids is 1. The van der Waals surface area contributed by atoms with Crippen LogP contribution in [0.3, 0.4) is 0 Å². The molecule has 58 valence electrons. The van der Waals surface area contributed by atoms with Gasteiger partial charge >= 0.3 is 0 Å². The third-order valence-corrected chi connectivity index (χ3v) is 2.69. The lowest BCUT2D eigenvalue weighted by Crippen LogP contribution is -2.13. The molecule has 2 aliphatic carbocycles. The molecule has 0 N–H and O–H groups in total. The highest BCUT2D eigenvalue weighted by molar-refractivity contribution is 6.00. The minimum Gasteiger partial charge on any atom is -0.290 e. The highest BCUT2D eigenvalue weighted by atomic mass is 16.1. The van der Waals surface area contributed by atoms with Crippen LogP contribution in [0.2, 0.25) is 0 Å². The highest BCUT2D eigenvalue weighted by Gasteiger charge is 2.29. The van der Waals surface area contributed by atoms with Gasteiger partial charge in [-0.05, 0) is 25.0 Å². The van der Waals surface area contributed by atoms with E-state index in [-0.39, 0.29) is 11.2 Å². The zero-order valence-electron chi connectivity index (χ0n) is 6.55. The van der Waals surface area contributed by atoms with Crippen molar-refractivity contribution in [1.82, 2.24) is 0 Å². The fraction of sp³-hybridized carbons (Fsp3) is 0.500. The second-order valence-corrected chi connectivity index (χ2v) is 3.51. The van der Waals surface area contributed by atoms with Crippen molar-refractivity contribution >= 4 is 5.78 Å².